The molecule has 1 aliphatic heterocycles. The lowest BCUT2D eigenvalue weighted by Crippen LogP contribution is -2.27. The van der Waals surface area contributed by atoms with Crippen molar-refractivity contribution in [3.63, 3.8) is 0 Å². The number of nitrogens with one attached hydrogen (secondary N) is 1. The second-order valence-electron chi connectivity index (χ2n) is 5.77. The van der Waals surface area contributed by atoms with E-state index in [-0.39, 0.29) is 0 Å². The molecule has 0 atom stereocenters. The predicted octanol–water partition coefficient (Wildman–Crippen LogP) is 2.60. The fourth-order valence-electron chi connectivity index (χ4n) is 2.39. The van der Waals surface area contributed by atoms with E-state index in [9.17, 15) is 0 Å². The summed E-state index contributed by atoms with van der Waals surface area (Å²) in [5, 5.41) is 3.43. The summed E-state index contributed by atoms with van der Waals surface area (Å²) in [6, 6.07) is 2.01. The predicted molar refractivity (Wildman–Crippen MR) is 79.3 cm³/mol. The second-order valence-corrected chi connectivity index (χ2v) is 5.77. The Hall–Kier alpha value is -1.16. The fraction of sp³-hybridized carbons (Fsp3) is 0.733. The maximum atomic E-state index is 4.69. The van der Waals surface area contributed by atoms with Gasteiger partial charge in [0, 0.05) is 25.8 Å². The summed E-state index contributed by atoms with van der Waals surface area (Å²) in [5.74, 6) is 1.58. The van der Waals surface area contributed by atoms with Crippen molar-refractivity contribution in [2.45, 2.75) is 46.1 Å². The minimum absolute atomic E-state index is 0.673. The van der Waals surface area contributed by atoms with Crippen LogP contribution in [0.25, 0.3) is 0 Å². The van der Waals surface area contributed by atoms with Crippen LogP contribution in [0.5, 0.6) is 0 Å². The van der Waals surface area contributed by atoms with E-state index in [1.54, 1.807) is 0 Å². The first kappa shape index (κ1) is 14.3. The molecular formula is C15H26N4. The van der Waals surface area contributed by atoms with Gasteiger partial charge in [0.15, 0.2) is 0 Å². The van der Waals surface area contributed by atoms with Crippen molar-refractivity contribution in [3.05, 3.63) is 18.0 Å². The van der Waals surface area contributed by atoms with Gasteiger partial charge >= 0.3 is 0 Å². The van der Waals surface area contributed by atoms with Gasteiger partial charge in [0.2, 0.25) is 5.95 Å². The highest BCUT2D eigenvalue weighted by Gasteiger charge is 2.12. The zero-order valence-corrected chi connectivity index (χ0v) is 12.2. The molecule has 0 radical (unpaired) electrons. The molecule has 0 amide bonds. The Bertz CT molecular complexity index is 370. The molecule has 1 aromatic rings. The molecule has 0 aromatic carbocycles. The van der Waals surface area contributed by atoms with Crippen molar-refractivity contribution in [3.8, 4) is 0 Å². The number of nitrogens with zero attached hydrogens (tertiary/aromatic N) is 3. The quantitative estimate of drug-likeness (QED) is 0.885. The van der Waals surface area contributed by atoms with E-state index >= 15 is 0 Å². The zero-order chi connectivity index (χ0) is 13.5. The smallest absolute Gasteiger partial charge is 0.225 e. The number of anilines is 1. The summed E-state index contributed by atoms with van der Waals surface area (Å²) in [7, 11) is 0. The number of aromatic nitrogens is 2. The van der Waals surface area contributed by atoms with Gasteiger partial charge in [-0.05, 0) is 31.4 Å². The molecule has 1 aromatic heterocycles. The van der Waals surface area contributed by atoms with Crippen LogP contribution < -0.4 is 10.2 Å². The van der Waals surface area contributed by atoms with Gasteiger partial charge < -0.3 is 10.2 Å². The second kappa shape index (κ2) is 7.43. The summed E-state index contributed by atoms with van der Waals surface area (Å²) < 4.78 is 0. The standard InChI is InChI=1S/C15H26N4/c1-13(2)11-16-12-14-7-8-17-15(18-14)19-9-5-3-4-6-10-19/h7-8,13,16H,3-6,9-12H2,1-2H3. The van der Waals surface area contributed by atoms with Crippen molar-refractivity contribution in [2.75, 3.05) is 24.5 Å². The number of hydrogen-bond acceptors (Lipinski definition) is 4. The first-order valence-electron chi connectivity index (χ1n) is 7.53. The van der Waals surface area contributed by atoms with Gasteiger partial charge in [-0.1, -0.05) is 26.7 Å². The lowest BCUT2D eigenvalue weighted by atomic mass is 10.2. The van der Waals surface area contributed by atoms with Gasteiger partial charge in [-0.2, -0.15) is 0 Å². The average molecular weight is 262 g/mol. The average Bonchev–Trinajstić information content (AvgIpc) is 2.67. The molecule has 0 bridgehead atoms. The van der Waals surface area contributed by atoms with Crippen LogP contribution in [0.3, 0.4) is 0 Å². The Kier molecular flexibility index (Phi) is 5.58. The summed E-state index contributed by atoms with van der Waals surface area (Å²) in [5.41, 5.74) is 1.09. The highest BCUT2D eigenvalue weighted by atomic mass is 15.2. The van der Waals surface area contributed by atoms with Gasteiger partial charge in [-0.15, -0.1) is 0 Å². The molecule has 0 spiro atoms. The van der Waals surface area contributed by atoms with E-state index in [4.69, 9.17) is 0 Å². The molecule has 1 fully saturated rings. The largest absolute Gasteiger partial charge is 0.341 e. The Morgan fingerprint density at radius 1 is 1.21 bits per heavy atom. The van der Waals surface area contributed by atoms with Crippen LogP contribution >= 0.6 is 0 Å². The highest BCUT2D eigenvalue weighted by molar-refractivity contribution is 5.30. The molecule has 1 aliphatic rings. The van der Waals surface area contributed by atoms with Crippen LogP contribution in [0.2, 0.25) is 0 Å². The zero-order valence-electron chi connectivity index (χ0n) is 12.2. The molecule has 19 heavy (non-hydrogen) atoms. The van der Waals surface area contributed by atoms with Gasteiger partial charge in [0.1, 0.15) is 0 Å². The molecule has 4 nitrogen and oxygen atoms in total. The van der Waals surface area contributed by atoms with Crippen LogP contribution in [0.4, 0.5) is 5.95 Å². The third kappa shape index (κ3) is 4.78. The van der Waals surface area contributed by atoms with Crippen LogP contribution in [-0.4, -0.2) is 29.6 Å². The van der Waals surface area contributed by atoms with E-state index < -0.39 is 0 Å². The number of hydrogen-bond donors (Lipinski definition) is 1. The maximum Gasteiger partial charge on any atom is 0.225 e. The monoisotopic (exact) mass is 262 g/mol. The van der Waals surface area contributed by atoms with Crippen molar-refractivity contribution in [1.29, 1.82) is 0 Å². The Morgan fingerprint density at radius 2 is 1.95 bits per heavy atom. The molecule has 2 rings (SSSR count). The summed E-state index contributed by atoms with van der Waals surface area (Å²) >= 11 is 0. The van der Waals surface area contributed by atoms with E-state index in [2.05, 4.69) is 34.0 Å². The van der Waals surface area contributed by atoms with E-state index in [1.807, 2.05) is 12.3 Å². The van der Waals surface area contributed by atoms with Gasteiger partial charge in [0.05, 0.1) is 5.69 Å². The summed E-state index contributed by atoms with van der Waals surface area (Å²) in [6.07, 6.45) is 7.09. The SMILES string of the molecule is CC(C)CNCc1ccnc(N2CCCCCC2)n1. The molecule has 4 heteroatoms. The summed E-state index contributed by atoms with van der Waals surface area (Å²) in [6.45, 7) is 8.50. The first-order valence-corrected chi connectivity index (χ1v) is 7.53. The third-order valence-corrected chi connectivity index (χ3v) is 3.45. The van der Waals surface area contributed by atoms with Crippen LogP contribution in [0, 0.1) is 5.92 Å². The van der Waals surface area contributed by atoms with Gasteiger partial charge in [0.25, 0.3) is 0 Å². The molecule has 1 N–H and O–H groups in total. The molecule has 0 saturated carbocycles. The lowest BCUT2D eigenvalue weighted by molar-refractivity contribution is 0.547. The minimum Gasteiger partial charge on any atom is -0.341 e. The topological polar surface area (TPSA) is 41.1 Å². The first-order chi connectivity index (χ1) is 9.25. The third-order valence-electron chi connectivity index (χ3n) is 3.45. The van der Waals surface area contributed by atoms with Crippen LogP contribution in [0.15, 0.2) is 12.3 Å². The molecule has 0 unspecified atom stereocenters. The fourth-order valence-corrected chi connectivity index (χ4v) is 2.39. The molecular weight excluding hydrogens is 236 g/mol. The van der Waals surface area contributed by atoms with Crippen molar-refractivity contribution < 1.29 is 0 Å². The summed E-state index contributed by atoms with van der Waals surface area (Å²) in [4.78, 5) is 11.5. The highest BCUT2D eigenvalue weighted by Crippen LogP contribution is 2.15. The van der Waals surface area contributed by atoms with Crippen LogP contribution in [-0.2, 0) is 6.54 Å². The normalized spacial score (nSPS) is 16.7. The molecule has 106 valence electrons. The minimum atomic E-state index is 0.673. The Labute approximate surface area is 116 Å². The Balaban J connectivity index is 1.93. The Morgan fingerprint density at radius 3 is 2.63 bits per heavy atom. The van der Waals surface area contributed by atoms with E-state index in [0.717, 1.165) is 37.8 Å². The van der Waals surface area contributed by atoms with Gasteiger partial charge in [-0.25, -0.2) is 9.97 Å². The number of rotatable bonds is 5. The van der Waals surface area contributed by atoms with E-state index in [1.165, 1.54) is 25.7 Å². The lowest BCUT2D eigenvalue weighted by Gasteiger charge is -2.20. The van der Waals surface area contributed by atoms with E-state index in [0.29, 0.717) is 5.92 Å². The molecule has 0 aliphatic carbocycles. The van der Waals surface area contributed by atoms with Crippen molar-refractivity contribution in [2.24, 2.45) is 5.92 Å². The van der Waals surface area contributed by atoms with Crippen molar-refractivity contribution in [1.82, 2.24) is 15.3 Å². The van der Waals surface area contributed by atoms with Crippen LogP contribution in [0.1, 0.15) is 45.2 Å². The maximum absolute atomic E-state index is 4.69. The molecule has 1 saturated heterocycles. The van der Waals surface area contributed by atoms with Crippen molar-refractivity contribution >= 4 is 5.95 Å². The molecule has 2 heterocycles. The van der Waals surface area contributed by atoms with Gasteiger partial charge in [-0.3, -0.25) is 0 Å².